The fourth-order valence-corrected chi connectivity index (χ4v) is 2.77. The monoisotopic (exact) mass is 298 g/mol. The molecule has 1 aliphatic rings. The molecule has 114 valence electrons. The molecular formula is C18H18O4. The Labute approximate surface area is 129 Å². The summed E-state index contributed by atoms with van der Waals surface area (Å²) >= 11 is 0. The van der Waals surface area contributed by atoms with Crippen molar-refractivity contribution >= 4 is 12.3 Å². The van der Waals surface area contributed by atoms with Crippen molar-refractivity contribution in [2.75, 3.05) is 0 Å². The zero-order chi connectivity index (χ0) is 15.4. The summed E-state index contributed by atoms with van der Waals surface area (Å²) < 4.78 is 11.0. The molecule has 0 bridgehead atoms. The van der Waals surface area contributed by atoms with Crippen LogP contribution in [0.4, 0.5) is 0 Å². The first-order chi connectivity index (χ1) is 10.8. The summed E-state index contributed by atoms with van der Waals surface area (Å²) in [5, 5.41) is 0. The first-order valence-corrected chi connectivity index (χ1v) is 7.63. The second-order valence-corrected chi connectivity index (χ2v) is 5.57. The van der Waals surface area contributed by atoms with Gasteiger partial charge in [-0.3, -0.25) is 4.79 Å². The Morgan fingerprint density at radius 3 is 2.68 bits per heavy atom. The fourth-order valence-electron chi connectivity index (χ4n) is 2.77. The molecule has 0 radical (unpaired) electrons. The number of furan rings is 1. The standard InChI is InChI=1S/C18H18O4/c19-12-16-9-10-17(21-16)13-5-4-6-14(11-13)18(20)22-15-7-2-1-3-8-15/h4-6,9-12,15H,1-3,7-8H2. The van der Waals surface area contributed by atoms with E-state index in [-0.39, 0.29) is 17.8 Å². The first-order valence-electron chi connectivity index (χ1n) is 7.63. The molecule has 1 aliphatic carbocycles. The molecule has 4 heteroatoms. The van der Waals surface area contributed by atoms with Gasteiger partial charge < -0.3 is 9.15 Å². The Morgan fingerprint density at radius 1 is 1.14 bits per heavy atom. The lowest BCUT2D eigenvalue weighted by Crippen LogP contribution is -2.20. The molecular weight excluding hydrogens is 280 g/mol. The third-order valence-electron chi connectivity index (χ3n) is 3.95. The molecule has 1 heterocycles. The summed E-state index contributed by atoms with van der Waals surface area (Å²) in [6, 6.07) is 10.4. The topological polar surface area (TPSA) is 56.5 Å². The summed E-state index contributed by atoms with van der Waals surface area (Å²) in [6.07, 6.45) is 6.07. The first kappa shape index (κ1) is 14.6. The van der Waals surface area contributed by atoms with Crippen LogP contribution in [0.1, 0.15) is 53.0 Å². The largest absolute Gasteiger partial charge is 0.459 e. The number of hydrogen-bond donors (Lipinski definition) is 0. The molecule has 4 nitrogen and oxygen atoms in total. The lowest BCUT2D eigenvalue weighted by molar-refractivity contribution is 0.0211. The second-order valence-electron chi connectivity index (χ2n) is 5.57. The van der Waals surface area contributed by atoms with Gasteiger partial charge in [-0.2, -0.15) is 0 Å². The van der Waals surface area contributed by atoms with E-state index in [1.54, 1.807) is 30.3 Å². The minimum Gasteiger partial charge on any atom is -0.459 e. The van der Waals surface area contributed by atoms with Gasteiger partial charge in [-0.15, -0.1) is 0 Å². The molecule has 0 atom stereocenters. The third kappa shape index (κ3) is 3.27. The second kappa shape index (κ2) is 6.60. The van der Waals surface area contributed by atoms with Crippen molar-refractivity contribution in [2.45, 2.75) is 38.2 Å². The SMILES string of the molecule is O=Cc1ccc(-c2cccc(C(=O)OC3CCCCC3)c2)o1. The minimum atomic E-state index is -0.295. The van der Waals surface area contributed by atoms with Gasteiger partial charge in [-0.1, -0.05) is 18.6 Å². The number of hydrogen-bond acceptors (Lipinski definition) is 4. The summed E-state index contributed by atoms with van der Waals surface area (Å²) in [4.78, 5) is 22.9. The highest BCUT2D eigenvalue weighted by molar-refractivity contribution is 5.91. The molecule has 0 unspecified atom stereocenters. The fraction of sp³-hybridized carbons (Fsp3) is 0.333. The van der Waals surface area contributed by atoms with Gasteiger partial charge in [0.1, 0.15) is 11.9 Å². The predicted octanol–water partition coefficient (Wildman–Crippen LogP) is 4.25. The Bertz CT molecular complexity index is 665. The van der Waals surface area contributed by atoms with Crippen molar-refractivity contribution in [3.63, 3.8) is 0 Å². The van der Waals surface area contributed by atoms with E-state index in [9.17, 15) is 9.59 Å². The van der Waals surface area contributed by atoms with Crippen LogP contribution in [0.5, 0.6) is 0 Å². The maximum absolute atomic E-state index is 12.2. The maximum Gasteiger partial charge on any atom is 0.338 e. The quantitative estimate of drug-likeness (QED) is 0.625. The van der Waals surface area contributed by atoms with E-state index in [1.807, 2.05) is 6.07 Å². The number of carbonyl (C=O) groups excluding carboxylic acids is 2. The van der Waals surface area contributed by atoms with Crippen molar-refractivity contribution in [1.29, 1.82) is 0 Å². The van der Waals surface area contributed by atoms with Gasteiger partial charge in [0.05, 0.1) is 5.56 Å². The van der Waals surface area contributed by atoms with Crippen LogP contribution in [0.25, 0.3) is 11.3 Å². The van der Waals surface area contributed by atoms with Gasteiger partial charge in [-0.05, 0) is 49.9 Å². The van der Waals surface area contributed by atoms with Gasteiger partial charge in [0.2, 0.25) is 0 Å². The van der Waals surface area contributed by atoms with Gasteiger partial charge >= 0.3 is 5.97 Å². The molecule has 0 spiro atoms. The zero-order valence-electron chi connectivity index (χ0n) is 12.3. The van der Waals surface area contributed by atoms with Crippen molar-refractivity contribution in [1.82, 2.24) is 0 Å². The van der Waals surface area contributed by atoms with Crippen LogP contribution < -0.4 is 0 Å². The highest BCUT2D eigenvalue weighted by atomic mass is 16.5. The third-order valence-corrected chi connectivity index (χ3v) is 3.95. The smallest absolute Gasteiger partial charge is 0.338 e. The number of esters is 1. The normalized spacial score (nSPS) is 15.5. The number of rotatable bonds is 4. The average Bonchev–Trinajstić information content (AvgIpc) is 3.05. The van der Waals surface area contributed by atoms with Crippen LogP contribution >= 0.6 is 0 Å². The van der Waals surface area contributed by atoms with Crippen LogP contribution in [0.2, 0.25) is 0 Å². The number of benzene rings is 1. The van der Waals surface area contributed by atoms with Crippen LogP contribution in [0, 0.1) is 0 Å². The molecule has 0 N–H and O–H groups in total. The predicted molar refractivity (Wildman–Crippen MR) is 81.8 cm³/mol. The molecule has 1 aromatic carbocycles. The molecule has 0 amide bonds. The minimum absolute atomic E-state index is 0.0372. The Kier molecular flexibility index (Phi) is 4.37. The average molecular weight is 298 g/mol. The summed E-state index contributed by atoms with van der Waals surface area (Å²) in [5.41, 5.74) is 1.26. The Hall–Kier alpha value is -2.36. The van der Waals surface area contributed by atoms with E-state index in [4.69, 9.17) is 9.15 Å². The molecule has 3 rings (SSSR count). The number of carbonyl (C=O) groups is 2. The highest BCUT2D eigenvalue weighted by Gasteiger charge is 2.19. The van der Waals surface area contributed by atoms with E-state index in [2.05, 4.69) is 0 Å². The molecule has 0 aliphatic heterocycles. The zero-order valence-corrected chi connectivity index (χ0v) is 12.3. The van der Waals surface area contributed by atoms with E-state index in [0.717, 1.165) is 31.2 Å². The summed E-state index contributed by atoms with van der Waals surface area (Å²) in [5.74, 6) is 0.538. The molecule has 0 saturated heterocycles. The molecule has 1 aromatic heterocycles. The molecule has 1 fully saturated rings. The molecule has 22 heavy (non-hydrogen) atoms. The van der Waals surface area contributed by atoms with E-state index in [0.29, 0.717) is 17.6 Å². The van der Waals surface area contributed by atoms with Crippen LogP contribution in [-0.4, -0.2) is 18.4 Å². The van der Waals surface area contributed by atoms with Gasteiger partial charge in [0.15, 0.2) is 12.0 Å². The Balaban J connectivity index is 1.75. The van der Waals surface area contributed by atoms with Crippen molar-refractivity contribution in [2.24, 2.45) is 0 Å². The van der Waals surface area contributed by atoms with Crippen LogP contribution in [0.15, 0.2) is 40.8 Å². The summed E-state index contributed by atoms with van der Waals surface area (Å²) in [6.45, 7) is 0. The van der Waals surface area contributed by atoms with Gasteiger partial charge in [0.25, 0.3) is 0 Å². The van der Waals surface area contributed by atoms with Crippen molar-refractivity contribution < 1.29 is 18.7 Å². The number of ether oxygens (including phenoxy) is 1. The maximum atomic E-state index is 12.2. The summed E-state index contributed by atoms with van der Waals surface area (Å²) in [7, 11) is 0. The van der Waals surface area contributed by atoms with Gasteiger partial charge in [0, 0.05) is 5.56 Å². The van der Waals surface area contributed by atoms with E-state index < -0.39 is 0 Å². The van der Waals surface area contributed by atoms with Crippen LogP contribution in [0.3, 0.4) is 0 Å². The van der Waals surface area contributed by atoms with Crippen molar-refractivity contribution in [3.05, 3.63) is 47.7 Å². The van der Waals surface area contributed by atoms with Crippen molar-refractivity contribution in [3.8, 4) is 11.3 Å². The van der Waals surface area contributed by atoms with E-state index >= 15 is 0 Å². The van der Waals surface area contributed by atoms with Gasteiger partial charge in [-0.25, -0.2) is 4.79 Å². The number of aldehydes is 1. The van der Waals surface area contributed by atoms with E-state index in [1.165, 1.54) is 6.42 Å². The van der Waals surface area contributed by atoms with Crippen LogP contribution in [-0.2, 0) is 4.74 Å². The lowest BCUT2D eigenvalue weighted by atomic mass is 9.98. The molecule has 2 aromatic rings. The lowest BCUT2D eigenvalue weighted by Gasteiger charge is -2.21. The molecule has 1 saturated carbocycles. The Morgan fingerprint density at radius 2 is 1.95 bits per heavy atom. The highest BCUT2D eigenvalue weighted by Crippen LogP contribution is 2.25.